The van der Waals surface area contributed by atoms with E-state index in [2.05, 4.69) is 12.2 Å². The SMILES string of the molecule is O=[N+]([O-])c1ccc(-n2c(O)c3c(c2O)C2CC3C3C4C=CC(C4)C23)cc1. The lowest BCUT2D eigenvalue weighted by Crippen LogP contribution is -2.24. The number of aromatic nitrogens is 1. The Kier molecular flexibility index (Phi) is 2.49. The molecule has 0 aliphatic heterocycles. The summed E-state index contributed by atoms with van der Waals surface area (Å²) in [5.41, 5.74) is 2.36. The molecule has 0 saturated heterocycles. The second-order valence-electron chi connectivity index (χ2n) is 8.14. The summed E-state index contributed by atoms with van der Waals surface area (Å²) in [5.74, 6) is 3.21. The van der Waals surface area contributed by atoms with Crippen LogP contribution < -0.4 is 0 Å². The van der Waals surface area contributed by atoms with Gasteiger partial charge in [-0.15, -0.1) is 0 Å². The second kappa shape index (κ2) is 4.50. The standard InChI is InChI=1S/C20H18N2O4/c23-19-17-13-8-14(16-10-2-1-9(7-10)15(13)16)18(17)20(24)21(19)11-3-5-12(6-4-11)22(25)26/h1-6,9-10,13-16,23-24H,7-8H2. The minimum atomic E-state index is -0.455. The molecule has 4 aliphatic carbocycles. The number of fused-ring (bicyclic) bond motifs is 12. The zero-order valence-electron chi connectivity index (χ0n) is 13.9. The Morgan fingerprint density at radius 2 is 1.46 bits per heavy atom. The third-order valence-corrected chi connectivity index (χ3v) is 7.28. The van der Waals surface area contributed by atoms with E-state index in [-0.39, 0.29) is 17.4 Å². The molecule has 6 unspecified atom stereocenters. The largest absolute Gasteiger partial charge is 0.494 e. The van der Waals surface area contributed by atoms with Crippen molar-refractivity contribution in [3.8, 4) is 17.4 Å². The summed E-state index contributed by atoms with van der Waals surface area (Å²) in [4.78, 5) is 10.4. The van der Waals surface area contributed by atoms with Gasteiger partial charge >= 0.3 is 0 Å². The highest BCUT2D eigenvalue weighted by Crippen LogP contribution is 2.72. The first-order valence-corrected chi connectivity index (χ1v) is 9.16. The fourth-order valence-electron chi connectivity index (χ4n) is 6.52. The molecule has 2 aromatic rings. The van der Waals surface area contributed by atoms with Crippen molar-refractivity contribution < 1.29 is 15.1 Å². The zero-order chi connectivity index (χ0) is 17.7. The number of allylic oxidation sites excluding steroid dienone is 2. The minimum absolute atomic E-state index is 0.00956. The summed E-state index contributed by atoms with van der Waals surface area (Å²) in [6, 6.07) is 5.93. The molecular weight excluding hydrogens is 332 g/mol. The molecule has 0 spiro atoms. The van der Waals surface area contributed by atoms with Gasteiger partial charge in [0, 0.05) is 23.3 Å². The van der Waals surface area contributed by atoms with E-state index < -0.39 is 4.92 Å². The summed E-state index contributed by atoms with van der Waals surface area (Å²) < 4.78 is 1.45. The van der Waals surface area contributed by atoms with Crippen LogP contribution in [0.2, 0.25) is 0 Å². The van der Waals surface area contributed by atoms with E-state index in [1.165, 1.54) is 23.1 Å². The summed E-state index contributed by atoms with van der Waals surface area (Å²) in [5, 5.41) is 32.7. The quantitative estimate of drug-likeness (QED) is 0.373. The molecule has 4 bridgehead atoms. The zero-order valence-corrected chi connectivity index (χ0v) is 13.9. The minimum Gasteiger partial charge on any atom is -0.494 e. The number of nitro benzene ring substituents is 1. The highest BCUT2D eigenvalue weighted by atomic mass is 16.6. The van der Waals surface area contributed by atoms with E-state index in [0.717, 1.165) is 17.5 Å². The first-order chi connectivity index (χ1) is 12.6. The number of aromatic hydroxyl groups is 2. The Morgan fingerprint density at radius 3 is 1.96 bits per heavy atom. The number of benzene rings is 1. The summed E-state index contributed by atoms with van der Waals surface area (Å²) in [7, 11) is 0. The van der Waals surface area contributed by atoms with Crippen LogP contribution in [0.4, 0.5) is 5.69 Å². The number of nitrogens with zero attached hydrogens (tertiary/aromatic N) is 2. The molecule has 4 aliphatic rings. The molecular formula is C20H18N2O4. The highest BCUT2D eigenvalue weighted by molar-refractivity contribution is 5.61. The molecule has 6 atom stereocenters. The van der Waals surface area contributed by atoms with Crippen LogP contribution >= 0.6 is 0 Å². The summed E-state index contributed by atoms with van der Waals surface area (Å²) in [6.45, 7) is 0. The van der Waals surface area contributed by atoms with Gasteiger partial charge in [0.2, 0.25) is 11.8 Å². The predicted octanol–water partition coefficient (Wildman–Crippen LogP) is 3.82. The monoisotopic (exact) mass is 350 g/mol. The average Bonchev–Trinajstić information content (AvgIpc) is 3.40. The molecule has 1 aromatic carbocycles. The maximum Gasteiger partial charge on any atom is 0.269 e. The Morgan fingerprint density at radius 1 is 0.923 bits per heavy atom. The third-order valence-electron chi connectivity index (χ3n) is 7.28. The van der Waals surface area contributed by atoms with Gasteiger partial charge in [0.1, 0.15) is 0 Å². The maximum atomic E-state index is 10.9. The van der Waals surface area contributed by atoms with Gasteiger partial charge in [0.15, 0.2) is 0 Å². The van der Waals surface area contributed by atoms with Crippen molar-refractivity contribution in [3.63, 3.8) is 0 Å². The van der Waals surface area contributed by atoms with Crippen molar-refractivity contribution in [3.05, 3.63) is 57.7 Å². The normalized spacial score (nSPS) is 35.1. The second-order valence-corrected chi connectivity index (χ2v) is 8.14. The molecule has 6 nitrogen and oxygen atoms in total. The van der Waals surface area contributed by atoms with Crippen LogP contribution in [0, 0.1) is 33.8 Å². The van der Waals surface area contributed by atoms with E-state index >= 15 is 0 Å². The van der Waals surface area contributed by atoms with Crippen molar-refractivity contribution in [2.75, 3.05) is 0 Å². The first-order valence-electron chi connectivity index (χ1n) is 9.16. The highest BCUT2D eigenvalue weighted by Gasteiger charge is 2.62. The molecule has 1 heterocycles. The fraction of sp³-hybridized carbons (Fsp3) is 0.400. The van der Waals surface area contributed by atoms with Crippen LogP contribution in [-0.2, 0) is 0 Å². The van der Waals surface area contributed by atoms with E-state index in [4.69, 9.17) is 0 Å². The van der Waals surface area contributed by atoms with Crippen LogP contribution in [0.1, 0.15) is 35.8 Å². The van der Waals surface area contributed by atoms with Gasteiger partial charge in [0.05, 0.1) is 10.6 Å². The topological polar surface area (TPSA) is 88.5 Å². The van der Waals surface area contributed by atoms with Gasteiger partial charge < -0.3 is 10.2 Å². The van der Waals surface area contributed by atoms with Crippen molar-refractivity contribution in [2.24, 2.45) is 23.7 Å². The Bertz CT molecular complexity index is 943. The number of hydrogen-bond donors (Lipinski definition) is 2. The van der Waals surface area contributed by atoms with Gasteiger partial charge in [-0.2, -0.15) is 0 Å². The number of rotatable bonds is 2. The molecule has 6 heteroatoms. The molecule has 0 radical (unpaired) electrons. The van der Waals surface area contributed by atoms with Crippen LogP contribution in [-0.4, -0.2) is 19.7 Å². The van der Waals surface area contributed by atoms with Crippen LogP contribution in [0.5, 0.6) is 11.8 Å². The lowest BCUT2D eigenvalue weighted by molar-refractivity contribution is -0.384. The van der Waals surface area contributed by atoms with Gasteiger partial charge in [-0.25, -0.2) is 0 Å². The molecule has 26 heavy (non-hydrogen) atoms. The fourth-order valence-corrected chi connectivity index (χ4v) is 6.52. The Balaban J connectivity index is 1.48. The molecule has 1 aromatic heterocycles. The third kappa shape index (κ3) is 1.50. The van der Waals surface area contributed by atoms with Crippen molar-refractivity contribution in [1.82, 2.24) is 4.57 Å². The number of non-ortho nitro benzene ring substituents is 1. The van der Waals surface area contributed by atoms with E-state index in [0.29, 0.717) is 41.2 Å². The summed E-state index contributed by atoms with van der Waals surface area (Å²) >= 11 is 0. The average molecular weight is 350 g/mol. The van der Waals surface area contributed by atoms with Crippen molar-refractivity contribution in [1.29, 1.82) is 0 Å². The number of nitro groups is 1. The van der Waals surface area contributed by atoms with Crippen LogP contribution in [0.15, 0.2) is 36.4 Å². The van der Waals surface area contributed by atoms with Crippen LogP contribution in [0.3, 0.4) is 0 Å². The lowest BCUT2D eigenvalue weighted by atomic mass is 9.72. The van der Waals surface area contributed by atoms with Crippen LogP contribution in [0.25, 0.3) is 5.69 Å². The van der Waals surface area contributed by atoms with Crippen molar-refractivity contribution >= 4 is 5.69 Å². The molecule has 0 amide bonds. The van der Waals surface area contributed by atoms with Gasteiger partial charge in [-0.1, -0.05) is 12.2 Å². The Labute approximate surface area is 149 Å². The predicted molar refractivity (Wildman–Crippen MR) is 93.6 cm³/mol. The van der Waals surface area contributed by atoms with Gasteiger partial charge in [-0.05, 0) is 60.5 Å². The number of hydrogen-bond acceptors (Lipinski definition) is 4. The maximum absolute atomic E-state index is 10.9. The lowest BCUT2D eigenvalue weighted by Gasteiger charge is -2.31. The summed E-state index contributed by atoms with van der Waals surface area (Å²) in [6.07, 6.45) is 6.93. The molecule has 2 N–H and O–H groups in total. The van der Waals surface area contributed by atoms with Gasteiger partial charge in [0.25, 0.3) is 5.69 Å². The van der Waals surface area contributed by atoms with E-state index in [1.54, 1.807) is 12.1 Å². The Hall–Kier alpha value is -2.76. The smallest absolute Gasteiger partial charge is 0.269 e. The first kappa shape index (κ1) is 14.4. The van der Waals surface area contributed by atoms with Gasteiger partial charge in [-0.3, -0.25) is 14.7 Å². The van der Waals surface area contributed by atoms with Crippen molar-refractivity contribution in [2.45, 2.75) is 24.7 Å². The van der Waals surface area contributed by atoms with E-state index in [9.17, 15) is 20.3 Å². The molecule has 132 valence electrons. The molecule has 2 saturated carbocycles. The molecule has 2 fully saturated rings. The van der Waals surface area contributed by atoms with E-state index in [1.807, 2.05) is 0 Å². The molecule has 6 rings (SSSR count).